The molecule has 34 heavy (non-hydrogen) atoms. The average molecular weight is 455 g/mol. The molecule has 0 bridgehead atoms. The topological polar surface area (TPSA) is 32.3 Å². The Morgan fingerprint density at radius 3 is 1.79 bits per heavy atom. The van der Waals surface area contributed by atoms with Crippen molar-refractivity contribution in [2.75, 3.05) is 16.5 Å². The van der Waals surface area contributed by atoms with Gasteiger partial charge in [0.15, 0.2) is 11.6 Å². The van der Waals surface area contributed by atoms with Crippen molar-refractivity contribution in [3.05, 3.63) is 72.6 Å². The monoisotopic (exact) mass is 454 g/mol. The van der Waals surface area contributed by atoms with Crippen molar-refractivity contribution < 1.29 is 0 Å². The second-order valence-electron chi connectivity index (χ2n) is 11.1. The maximum atomic E-state index is 5.36. The van der Waals surface area contributed by atoms with Crippen LogP contribution in [-0.2, 0) is 5.41 Å². The largest absolute Gasteiger partial charge is 0.305 e. The van der Waals surface area contributed by atoms with Gasteiger partial charge in [-0.3, -0.25) is 0 Å². The molecule has 5 rings (SSSR count). The third kappa shape index (κ3) is 3.97. The number of anilines is 4. The molecule has 4 nitrogen and oxygen atoms in total. The molecule has 2 aromatic carbocycles. The highest BCUT2D eigenvalue weighted by Gasteiger charge is 2.46. The number of rotatable bonds is 5. The molecule has 0 atom stereocenters. The van der Waals surface area contributed by atoms with Crippen LogP contribution >= 0.6 is 0 Å². The van der Waals surface area contributed by atoms with Crippen LogP contribution in [0.1, 0.15) is 71.9 Å². The highest BCUT2D eigenvalue weighted by atomic mass is 15.4. The fourth-order valence-electron chi connectivity index (χ4n) is 5.79. The normalized spacial score (nSPS) is 17.5. The number of para-hydroxylation sites is 2. The molecule has 0 spiro atoms. The van der Waals surface area contributed by atoms with Gasteiger partial charge in [0, 0.05) is 16.8 Å². The fourth-order valence-corrected chi connectivity index (χ4v) is 5.79. The van der Waals surface area contributed by atoms with Crippen LogP contribution in [0.2, 0.25) is 0 Å². The van der Waals surface area contributed by atoms with Crippen LogP contribution in [0.25, 0.3) is 0 Å². The van der Waals surface area contributed by atoms with Crippen LogP contribution in [0.4, 0.5) is 23.0 Å². The van der Waals surface area contributed by atoms with E-state index < -0.39 is 0 Å². The van der Waals surface area contributed by atoms with Gasteiger partial charge >= 0.3 is 0 Å². The minimum Gasteiger partial charge on any atom is -0.305 e. The van der Waals surface area contributed by atoms with Gasteiger partial charge in [0.05, 0.1) is 11.9 Å². The van der Waals surface area contributed by atoms with Gasteiger partial charge in [-0.05, 0) is 48.4 Å². The number of fused-ring (bicyclic) bond motifs is 1. The van der Waals surface area contributed by atoms with Gasteiger partial charge in [-0.2, -0.15) is 0 Å². The Hall–Kier alpha value is -2.88. The minimum absolute atomic E-state index is 0.0907. The van der Waals surface area contributed by atoms with E-state index in [1.165, 1.54) is 38.5 Å². The van der Waals surface area contributed by atoms with Gasteiger partial charge in [0.1, 0.15) is 6.67 Å². The summed E-state index contributed by atoms with van der Waals surface area (Å²) < 4.78 is 0. The summed E-state index contributed by atoms with van der Waals surface area (Å²) in [4.78, 5) is 15.0. The first-order valence-electron chi connectivity index (χ1n) is 12.9. The van der Waals surface area contributed by atoms with Gasteiger partial charge in [0.25, 0.3) is 0 Å². The molecule has 1 saturated carbocycles. The zero-order valence-electron chi connectivity index (χ0n) is 21.2. The van der Waals surface area contributed by atoms with Crippen LogP contribution in [0.15, 0.2) is 66.9 Å². The van der Waals surface area contributed by atoms with Crippen molar-refractivity contribution in [1.29, 1.82) is 0 Å². The lowest BCUT2D eigenvalue weighted by Gasteiger charge is -2.47. The van der Waals surface area contributed by atoms with Crippen LogP contribution in [0.5, 0.6) is 0 Å². The van der Waals surface area contributed by atoms with Crippen molar-refractivity contribution in [3.8, 4) is 0 Å². The van der Waals surface area contributed by atoms with E-state index in [1.54, 1.807) is 0 Å². The third-order valence-electron chi connectivity index (χ3n) is 8.79. The average Bonchev–Trinajstić information content (AvgIpc) is 3.02. The molecule has 2 aliphatic rings. The van der Waals surface area contributed by atoms with E-state index in [4.69, 9.17) is 9.97 Å². The summed E-state index contributed by atoms with van der Waals surface area (Å²) in [5.74, 6) is 2.60. The molecule has 1 fully saturated rings. The van der Waals surface area contributed by atoms with E-state index in [-0.39, 0.29) is 10.8 Å². The smallest absolute Gasteiger partial charge is 0.178 e. The molecule has 0 unspecified atom stereocenters. The van der Waals surface area contributed by atoms with Gasteiger partial charge < -0.3 is 9.80 Å². The Morgan fingerprint density at radius 2 is 1.24 bits per heavy atom. The van der Waals surface area contributed by atoms with Gasteiger partial charge in [-0.25, -0.2) is 9.97 Å². The molecule has 1 aliphatic carbocycles. The molecule has 1 aromatic heterocycles. The van der Waals surface area contributed by atoms with E-state index in [2.05, 4.69) is 98.2 Å². The summed E-state index contributed by atoms with van der Waals surface area (Å²) in [5.41, 5.74) is 3.43. The zero-order valence-corrected chi connectivity index (χ0v) is 21.2. The first-order valence-corrected chi connectivity index (χ1v) is 12.9. The van der Waals surface area contributed by atoms with Crippen LogP contribution in [-0.4, -0.2) is 16.6 Å². The molecule has 0 saturated heterocycles. The maximum absolute atomic E-state index is 5.36. The van der Waals surface area contributed by atoms with E-state index in [1.807, 2.05) is 6.20 Å². The van der Waals surface area contributed by atoms with Gasteiger partial charge in [-0.15, -0.1) is 0 Å². The van der Waals surface area contributed by atoms with E-state index in [0.29, 0.717) is 12.6 Å². The highest BCUT2D eigenvalue weighted by Crippen LogP contribution is 2.51. The molecule has 178 valence electrons. The van der Waals surface area contributed by atoms with Gasteiger partial charge in [-0.1, -0.05) is 89.8 Å². The van der Waals surface area contributed by atoms with Crippen LogP contribution < -0.4 is 9.80 Å². The standard InChI is InChI=1S/C30H38N4/c1-29(2,23-15-9-5-6-10-16-23)30(3,4)26-21-31-27-28(32-26)34(25-19-13-8-14-20-25)22-33(27)24-17-11-7-12-18-24/h7-8,11-14,17-21,23H,5-6,9-10,15-16,22H2,1-4H3. The van der Waals surface area contributed by atoms with Crippen molar-refractivity contribution in [1.82, 2.24) is 9.97 Å². The van der Waals surface area contributed by atoms with Crippen molar-refractivity contribution >= 4 is 23.0 Å². The summed E-state index contributed by atoms with van der Waals surface area (Å²) >= 11 is 0. The van der Waals surface area contributed by atoms with E-state index in [9.17, 15) is 0 Å². The number of aromatic nitrogens is 2. The molecule has 4 heteroatoms. The molecular weight excluding hydrogens is 416 g/mol. The van der Waals surface area contributed by atoms with E-state index in [0.717, 1.165) is 28.7 Å². The quantitative estimate of drug-likeness (QED) is 0.366. The van der Waals surface area contributed by atoms with E-state index >= 15 is 0 Å². The SMILES string of the molecule is CC(C)(c1cnc2c(n1)N(c1ccccc1)CN2c1ccccc1)C(C)(C)C1CCCCCC1. The summed E-state index contributed by atoms with van der Waals surface area (Å²) in [7, 11) is 0. The number of benzene rings is 2. The lowest BCUT2D eigenvalue weighted by Crippen LogP contribution is -2.43. The summed E-state index contributed by atoms with van der Waals surface area (Å²) in [5, 5.41) is 0. The molecule has 2 heterocycles. The van der Waals surface area contributed by atoms with Crippen molar-refractivity contribution in [3.63, 3.8) is 0 Å². The highest BCUT2D eigenvalue weighted by molar-refractivity contribution is 5.81. The predicted octanol–water partition coefficient (Wildman–Crippen LogP) is 8.00. The van der Waals surface area contributed by atoms with Crippen molar-refractivity contribution in [2.24, 2.45) is 11.3 Å². The van der Waals surface area contributed by atoms with Crippen molar-refractivity contribution in [2.45, 2.75) is 71.6 Å². The molecule has 1 aliphatic heterocycles. The summed E-state index contributed by atoms with van der Waals surface area (Å²) in [6.07, 6.45) is 10.2. The number of hydrogen-bond acceptors (Lipinski definition) is 4. The molecular formula is C30H38N4. The minimum atomic E-state index is -0.0907. The Kier molecular flexibility index (Phi) is 6.09. The Bertz CT molecular complexity index is 1100. The molecule has 0 radical (unpaired) electrons. The Morgan fingerprint density at radius 1 is 0.706 bits per heavy atom. The lowest BCUT2D eigenvalue weighted by atomic mass is 9.58. The summed E-state index contributed by atoms with van der Waals surface area (Å²) in [6.45, 7) is 10.4. The predicted molar refractivity (Wildman–Crippen MR) is 142 cm³/mol. The zero-order chi connectivity index (χ0) is 23.8. The maximum Gasteiger partial charge on any atom is 0.178 e. The van der Waals surface area contributed by atoms with Crippen LogP contribution in [0.3, 0.4) is 0 Å². The lowest BCUT2D eigenvalue weighted by molar-refractivity contribution is 0.0870. The Balaban J connectivity index is 1.56. The molecule has 0 N–H and O–H groups in total. The number of nitrogens with zero attached hydrogens (tertiary/aromatic N) is 4. The Labute approximate surface area is 205 Å². The van der Waals surface area contributed by atoms with Crippen LogP contribution in [0, 0.1) is 11.3 Å². The first-order chi connectivity index (χ1) is 16.4. The third-order valence-corrected chi connectivity index (χ3v) is 8.79. The summed E-state index contributed by atoms with van der Waals surface area (Å²) in [6, 6.07) is 21.1. The fraction of sp³-hybridized carbons (Fsp3) is 0.467. The molecule has 3 aromatic rings. The molecule has 0 amide bonds. The second-order valence-corrected chi connectivity index (χ2v) is 11.1. The number of hydrogen-bond donors (Lipinski definition) is 0. The van der Waals surface area contributed by atoms with Gasteiger partial charge in [0.2, 0.25) is 0 Å². The first kappa shape index (κ1) is 22.9. The second kappa shape index (κ2) is 9.05.